The molecule has 1 saturated carbocycles. The maximum absolute atomic E-state index is 13.9. The van der Waals surface area contributed by atoms with Crippen LogP contribution in [0.4, 0.5) is 10.1 Å². The smallest absolute Gasteiger partial charge is 0.264 e. The van der Waals surface area contributed by atoms with Crippen LogP contribution < -0.4 is 14.4 Å². The topological polar surface area (TPSA) is 91.4 Å². The number of aryl methyl sites for hydroxylation is 1. The standard InChI is InChI=1S/C38H50ClFN4O5S/c1-37(2)36(45)41-50(46,47)30-10-13-35-33(21-30)44(24-38(25-49-35)15-4-6-26-20-28(39)9-12-32(26)38)22-27-8-11-31(27)34(7-5-16-42(37)3)48-19-18-43-17-14-29(40)23-43/h5,7,9-10,12-13,20-21,27,29,31,34H,4,6,8,11,14-19,22-25H2,1-3H3,(H,41,45)/b7-5+/t27-,29+,31+,34-,38-/m0/s1. The summed E-state index contributed by atoms with van der Waals surface area (Å²) in [6.07, 6.45) is 8.75. The number of carbonyl (C=O) groups is 1. The van der Waals surface area contributed by atoms with Crippen molar-refractivity contribution in [2.24, 2.45) is 11.8 Å². The Balaban J connectivity index is 1.25. The molecule has 1 saturated heterocycles. The summed E-state index contributed by atoms with van der Waals surface area (Å²) >= 11 is 6.45. The number of hydrogen-bond donors (Lipinski definition) is 1. The van der Waals surface area contributed by atoms with Gasteiger partial charge >= 0.3 is 0 Å². The number of benzene rings is 2. The summed E-state index contributed by atoms with van der Waals surface area (Å²) in [5.74, 6) is 0.574. The van der Waals surface area contributed by atoms with Crippen LogP contribution in [0.25, 0.3) is 0 Å². The van der Waals surface area contributed by atoms with Gasteiger partial charge in [-0.25, -0.2) is 17.5 Å². The average molecular weight is 729 g/mol. The van der Waals surface area contributed by atoms with E-state index in [0.717, 1.165) is 49.4 Å². The molecular weight excluding hydrogens is 679 g/mol. The average Bonchev–Trinajstić information content (AvgIpc) is 3.41. The van der Waals surface area contributed by atoms with E-state index in [9.17, 15) is 17.6 Å². The van der Waals surface area contributed by atoms with Crippen molar-refractivity contribution < 1.29 is 27.1 Å². The van der Waals surface area contributed by atoms with Crippen LogP contribution in [0.15, 0.2) is 53.4 Å². The fraction of sp³-hybridized carbons (Fsp3) is 0.605. The zero-order chi connectivity index (χ0) is 35.3. The largest absolute Gasteiger partial charge is 0.490 e. The third-order valence-corrected chi connectivity index (χ3v) is 13.6. The molecular formula is C38H50ClFN4O5S. The van der Waals surface area contributed by atoms with Crippen molar-refractivity contribution in [1.29, 1.82) is 0 Å². The van der Waals surface area contributed by atoms with E-state index in [0.29, 0.717) is 64.0 Å². The monoisotopic (exact) mass is 728 g/mol. The van der Waals surface area contributed by atoms with Crippen LogP contribution in [0.2, 0.25) is 5.02 Å². The van der Waals surface area contributed by atoms with Crippen LogP contribution in [-0.4, -0.2) is 101 Å². The van der Waals surface area contributed by atoms with Crippen LogP contribution in [0.1, 0.15) is 57.1 Å². The van der Waals surface area contributed by atoms with Crippen molar-refractivity contribution in [1.82, 2.24) is 14.5 Å². The Bertz CT molecular complexity index is 1740. The number of hydrogen-bond acceptors (Lipinski definition) is 8. The molecule has 2 aromatic carbocycles. The summed E-state index contributed by atoms with van der Waals surface area (Å²) in [6.45, 7) is 8.13. The maximum Gasteiger partial charge on any atom is 0.264 e. The zero-order valence-corrected chi connectivity index (χ0v) is 30.9. The third-order valence-electron chi connectivity index (χ3n) is 12.0. The van der Waals surface area contributed by atoms with E-state index in [1.54, 1.807) is 26.0 Å². The number of halogens is 2. The van der Waals surface area contributed by atoms with Crippen LogP contribution in [-0.2, 0) is 31.4 Å². The molecule has 0 aromatic heterocycles. The quantitative estimate of drug-likeness (QED) is 0.422. The van der Waals surface area contributed by atoms with Gasteiger partial charge in [-0.3, -0.25) is 14.6 Å². The number of likely N-dealkylation sites (tertiary alicyclic amines) is 1. The van der Waals surface area contributed by atoms with Gasteiger partial charge in [-0.05, 0) is 113 Å². The molecule has 0 radical (unpaired) electrons. The first kappa shape index (κ1) is 35.7. The molecule has 1 spiro atoms. The lowest BCUT2D eigenvalue weighted by Gasteiger charge is -2.46. The number of nitrogens with one attached hydrogen (secondary N) is 1. The highest BCUT2D eigenvalue weighted by Gasteiger charge is 2.45. The van der Waals surface area contributed by atoms with E-state index in [1.807, 2.05) is 24.1 Å². The highest BCUT2D eigenvalue weighted by molar-refractivity contribution is 7.90. The molecule has 7 rings (SSSR count). The zero-order valence-electron chi connectivity index (χ0n) is 29.4. The summed E-state index contributed by atoms with van der Waals surface area (Å²) in [5.41, 5.74) is 1.77. The van der Waals surface area contributed by atoms with Crippen molar-refractivity contribution in [2.75, 3.05) is 64.4 Å². The van der Waals surface area contributed by atoms with Crippen molar-refractivity contribution in [3.63, 3.8) is 0 Å². The molecule has 272 valence electrons. The van der Waals surface area contributed by atoms with Gasteiger partial charge in [0.05, 0.1) is 35.4 Å². The SMILES string of the molecule is CN1C/C=C/[C@H](OCCN2CC[C@@H](F)C2)[C@@H]2CC[C@H]2CN2C[C@@]3(CCCc4cc(Cl)ccc43)COc3ccc(cc32)S(=O)(=O)NC(=O)C1(C)C. The molecule has 12 heteroatoms. The number of ether oxygens (including phenoxy) is 2. The molecule has 2 aromatic rings. The molecule has 1 N–H and O–H groups in total. The number of nitrogens with zero attached hydrogens (tertiary/aromatic N) is 3. The van der Waals surface area contributed by atoms with Gasteiger partial charge in [0, 0.05) is 49.7 Å². The van der Waals surface area contributed by atoms with Gasteiger partial charge in [-0.1, -0.05) is 29.8 Å². The molecule has 3 aliphatic heterocycles. The maximum atomic E-state index is 13.9. The van der Waals surface area contributed by atoms with Gasteiger partial charge in [0.25, 0.3) is 15.9 Å². The lowest BCUT2D eigenvalue weighted by atomic mass is 9.68. The lowest BCUT2D eigenvalue weighted by molar-refractivity contribution is -0.128. The summed E-state index contributed by atoms with van der Waals surface area (Å²) in [7, 11) is -2.37. The second-order valence-electron chi connectivity index (χ2n) is 15.6. The van der Waals surface area contributed by atoms with E-state index in [1.165, 1.54) is 17.2 Å². The first-order chi connectivity index (χ1) is 23.8. The number of likely N-dealkylation sites (N-methyl/N-ethyl adjacent to an activating group) is 1. The van der Waals surface area contributed by atoms with Crippen LogP contribution >= 0.6 is 11.6 Å². The minimum absolute atomic E-state index is 0.0271. The summed E-state index contributed by atoms with van der Waals surface area (Å²) in [5, 5.41) is 0.723. The van der Waals surface area contributed by atoms with Gasteiger partial charge in [0.1, 0.15) is 11.9 Å². The van der Waals surface area contributed by atoms with E-state index in [-0.39, 0.29) is 22.3 Å². The Morgan fingerprint density at radius 1 is 1.12 bits per heavy atom. The molecule has 1 amide bonds. The number of amides is 1. The lowest BCUT2D eigenvalue weighted by Crippen LogP contribution is -2.54. The van der Waals surface area contributed by atoms with Gasteiger partial charge in [-0.15, -0.1) is 0 Å². The van der Waals surface area contributed by atoms with Crippen molar-refractivity contribution in [3.8, 4) is 5.75 Å². The molecule has 2 aliphatic carbocycles. The molecule has 5 aliphatic rings. The van der Waals surface area contributed by atoms with E-state index in [2.05, 4.69) is 32.7 Å². The van der Waals surface area contributed by atoms with Gasteiger partial charge < -0.3 is 14.4 Å². The first-order valence-electron chi connectivity index (χ1n) is 18.1. The molecule has 3 heterocycles. The number of carbonyl (C=O) groups excluding carboxylic acids is 1. The molecule has 2 bridgehead atoms. The van der Waals surface area contributed by atoms with E-state index >= 15 is 0 Å². The first-order valence-corrected chi connectivity index (χ1v) is 19.9. The van der Waals surface area contributed by atoms with Crippen molar-refractivity contribution in [3.05, 3.63) is 64.7 Å². The Labute approximate surface area is 301 Å². The summed E-state index contributed by atoms with van der Waals surface area (Å²) in [6, 6.07) is 11.1. The number of sulfonamides is 1. The number of alkyl halides is 1. The summed E-state index contributed by atoms with van der Waals surface area (Å²) < 4.78 is 57.0. The third kappa shape index (κ3) is 7.05. The highest BCUT2D eigenvalue weighted by Crippen LogP contribution is 2.47. The molecule has 0 unspecified atom stereocenters. The Morgan fingerprint density at radius 2 is 1.96 bits per heavy atom. The van der Waals surface area contributed by atoms with Gasteiger partial charge in [0.2, 0.25) is 0 Å². The van der Waals surface area contributed by atoms with E-state index < -0.39 is 27.6 Å². The number of fused-ring (bicyclic) bond motifs is 4. The van der Waals surface area contributed by atoms with Crippen LogP contribution in [0, 0.1) is 11.8 Å². The second-order valence-corrected chi connectivity index (χ2v) is 17.7. The van der Waals surface area contributed by atoms with Gasteiger partial charge in [-0.2, -0.15) is 0 Å². The molecule has 2 fully saturated rings. The van der Waals surface area contributed by atoms with Crippen LogP contribution in [0.3, 0.4) is 0 Å². The van der Waals surface area contributed by atoms with Crippen LogP contribution in [0.5, 0.6) is 5.75 Å². The van der Waals surface area contributed by atoms with Crippen molar-refractivity contribution in [2.45, 2.75) is 80.5 Å². The molecule has 50 heavy (non-hydrogen) atoms. The number of rotatable bonds is 4. The Morgan fingerprint density at radius 3 is 2.72 bits per heavy atom. The minimum Gasteiger partial charge on any atom is -0.490 e. The Kier molecular flexibility index (Phi) is 10.0. The predicted octanol–water partition coefficient (Wildman–Crippen LogP) is 5.35. The molecule has 9 nitrogen and oxygen atoms in total. The van der Waals surface area contributed by atoms with Gasteiger partial charge in [0.15, 0.2) is 0 Å². The normalized spacial score (nSPS) is 31.9. The second kappa shape index (κ2) is 14.0. The predicted molar refractivity (Wildman–Crippen MR) is 193 cm³/mol. The Hall–Kier alpha value is -2.70. The number of anilines is 1. The molecule has 5 atom stereocenters. The fourth-order valence-corrected chi connectivity index (χ4v) is 9.81. The summed E-state index contributed by atoms with van der Waals surface area (Å²) in [4.78, 5) is 19.9. The highest BCUT2D eigenvalue weighted by atomic mass is 35.5. The van der Waals surface area contributed by atoms with E-state index in [4.69, 9.17) is 21.1 Å². The fourth-order valence-electron chi connectivity index (χ4n) is 8.49. The minimum atomic E-state index is -4.18. The van der Waals surface area contributed by atoms with Crippen molar-refractivity contribution >= 4 is 33.2 Å².